The van der Waals surface area contributed by atoms with Crippen LogP contribution in [0.25, 0.3) is 0 Å². The molecule has 1 aromatic carbocycles. The molecule has 0 saturated carbocycles. The summed E-state index contributed by atoms with van der Waals surface area (Å²) in [5, 5.41) is 3.23. The summed E-state index contributed by atoms with van der Waals surface area (Å²) < 4.78 is 19.5. The van der Waals surface area contributed by atoms with Crippen molar-refractivity contribution >= 4 is 5.91 Å². The quantitative estimate of drug-likeness (QED) is 0.699. The molecule has 162 valence electrons. The van der Waals surface area contributed by atoms with Crippen LogP contribution in [0.3, 0.4) is 0 Å². The van der Waals surface area contributed by atoms with E-state index in [4.69, 9.17) is 4.74 Å². The van der Waals surface area contributed by atoms with Gasteiger partial charge >= 0.3 is 0 Å². The number of hydrogen-bond acceptors (Lipinski definition) is 4. The van der Waals surface area contributed by atoms with E-state index in [0.717, 1.165) is 31.6 Å². The van der Waals surface area contributed by atoms with Crippen LogP contribution in [0.2, 0.25) is 0 Å². The van der Waals surface area contributed by atoms with E-state index in [0.29, 0.717) is 30.2 Å². The molecule has 30 heavy (non-hydrogen) atoms. The highest BCUT2D eigenvalue weighted by Crippen LogP contribution is 2.30. The minimum absolute atomic E-state index is 0.0546. The smallest absolute Gasteiger partial charge is 0.220 e. The van der Waals surface area contributed by atoms with Gasteiger partial charge in [0.1, 0.15) is 11.6 Å². The lowest BCUT2D eigenvalue weighted by Gasteiger charge is -2.37. The Kier molecular flexibility index (Phi) is 7.80. The van der Waals surface area contributed by atoms with Crippen molar-refractivity contribution in [1.82, 2.24) is 15.2 Å². The molecule has 1 fully saturated rings. The van der Waals surface area contributed by atoms with Crippen LogP contribution < -0.4 is 10.1 Å². The second-order valence-electron chi connectivity index (χ2n) is 8.49. The summed E-state index contributed by atoms with van der Waals surface area (Å²) in [6.45, 7) is 6.33. The van der Waals surface area contributed by atoms with Crippen LogP contribution in [0.5, 0.6) is 5.75 Å². The third kappa shape index (κ3) is 6.02. The molecule has 0 aliphatic carbocycles. The second-order valence-corrected chi connectivity index (χ2v) is 8.49. The van der Waals surface area contributed by atoms with E-state index < -0.39 is 0 Å². The zero-order valence-electron chi connectivity index (χ0n) is 18.1. The number of methoxy groups -OCH3 is 1. The molecule has 1 amide bonds. The first kappa shape index (κ1) is 22.2. The van der Waals surface area contributed by atoms with Crippen molar-refractivity contribution in [3.63, 3.8) is 0 Å². The Hall–Kier alpha value is -2.47. The number of piperidine rings is 1. The van der Waals surface area contributed by atoms with Gasteiger partial charge in [-0.1, -0.05) is 26.0 Å². The number of aromatic nitrogens is 1. The fourth-order valence-corrected chi connectivity index (χ4v) is 4.13. The molecule has 1 saturated heterocycles. The van der Waals surface area contributed by atoms with E-state index in [2.05, 4.69) is 15.2 Å². The average molecular weight is 414 g/mol. The molecule has 1 N–H and O–H groups in total. The molecular weight excluding hydrogens is 381 g/mol. The number of likely N-dealkylation sites (tertiary alicyclic amines) is 1. The molecule has 2 unspecified atom stereocenters. The van der Waals surface area contributed by atoms with Crippen molar-refractivity contribution < 1.29 is 13.9 Å². The highest BCUT2D eigenvalue weighted by molar-refractivity contribution is 5.76. The molecule has 6 heteroatoms. The summed E-state index contributed by atoms with van der Waals surface area (Å²) in [5.41, 5.74) is 1.55. The predicted molar refractivity (Wildman–Crippen MR) is 116 cm³/mol. The van der Waals surface area contributed by atoms with Gasteiger partial charge in [0, 0.05) is 37.3 Å². The van der Waals surface area contributed by atoms with Crippen molar-refractivity contribution in [2.45, 2.75) is 45.7 Å². The van der Waals surface area contributed by atoms with Crippen LogP contribution in [-0.2, 0) is 11.3 Å². The zero-order chi connectivity index (χ0) is 21.5. The largest absolute Gasteiger partial charge is 0.497 e. The maximum Gasteiger partial charge on any atom is 0.220 e. The van der Waals surface area contributed by atoms with Crippen molar-refractivity contribution in [2.24, 2.45) is 11.8 Å². The Morgan fingerprint density at radius 3 is 2.83 bits per heavy atom. The molecular formula is C24H32FN3O2. The van der Waals surface area contributed by atoms with E-state index in [1.165, 1.54) is 13.2 Å². The molecule has 1 aliphatic heterocycles. The van der Waals surface area contributed by atoms with Crippen molar-refractivity contribution in [2.75, 3.05) is 20.2 Å². The van der Waals surface area contributed by atoms with E-state index in [-0.39, 0.29) is 23.7 Å². The first-order valence-electron chi connectivity index (χ1n) is 10.7. The van der Waals surface area contributed by atoms with Crippen molar-refractivity contribution in [1.29, 1.82) is 0 Å². The van der Waals surface area contributed by atoms with Crippen LogP contribution >= 0.6 is 0 Å². The number of hydrogen-bond donors (Lipinski definition) is 1. The minimum Gasteiger partial charge on any atom is -0.497 e. The third-order valence-corrected chi connectivity index (χ3v) is 5.58. The Balaban J connectivity index is 1.73. The number of benzene rings is 1. The molecule has 1 aromatic heterocycles. The Labute approximate surface area is 178 Å². The van der Waals surface area contributed by atoms with E-state index in [1.807, 2.05) is 32.0 Å². The number of carbonyl (C=O) groups excluding carboxylic acids is 1. The second kappa shape index (κ2) is 10.5. The normalized spacial score (nSPS) is 18.2. The predicted octanol–water partition coefficient (Wildman–Crippen LogP) is 4.34. The Morgan fingerprint density at radius 1 is 1.33 bits per heavy atom. The number of rotatable bonds is 8. The topological polar surface area (TPSA) is 54.5 Å². The monoisotopic (exact) mass is 413 g/mol. The number of nitrogens with zero attached hydrogens (tertiary/aromatic N) is 2. The molecule has 5 nitrogen and oxygen atoms in total. The van der Waals surface area contributed by atoms with E-state index in [9.17, 15) is 9.18 Å². The molecule has 1 aliphatic rings. The molecule has 0 bridgehead atoms. The van der Waals surface area contributed by atoms with Crippen molar-refractivity contribution in [3.05, 3.63) is 59.7 Å². The van der Waals surface area contributed by atoms with Crippen LogP contribution in [0, 0.1) is 17.7 Å². The lowest BCUT2D eigenvalue weighted by Crippen LogP contribution is -2.43. The standard InChI is InChI=1S/C24H32FN3O2/c1-17(2)13-23(29)27-24(22-8-4-5-11-26-22)19-7-6-12-28(16-19)15-18-9-10-20(30-3)14-21(18)25/h4-5,8-11,14,17,19,24H,6-7,12-13,15-16H2,1-3H3,(H,27,29). The first-order valence-corrected chi connectivity index (χ1v) is 10.7. The Bertz CT molecular complexity index is 828. The van der Waals surface area contributed by atoms with Crippen LogP contribution in [0.1, 0.15) is 50.4 Å². The van der Waals surface area contributed by atoms with Gasteiger partial charge in [-0.15, -0.1) is 0 Å². The molecule has 2 aromatic rings. The fraction of sp³-hybridized carbons (Fsp3) is 0.500. The lowest BCUT2D eigenvalue weighted by molar-refractivity contribution is -0.123. The number of ether oxygens (including phenoxy) is 1. The Morgan fingerprint density at radius 2 is 2.17 bits per heavy atom. The molecule has 2 heterocycles. The molecule has 2 atom stereocenters. The van der Waals surface area contributed by atoms with Gasteiger partial charge in [-0.05, 0) is 49.4 Å². The van der Waals surface area contributed by atoms with Gasteiger partial charge in [0.15, 0.2) is 0 Å². The summed E-state index contributed by atoms with van der Waals surface area (Å²) in [7, 11) is 1.54. The fourth-order valence-electron chi connectivity index (χ4n) is 4.13. The van der Waals surface area contributed by atoms with E-state index >= 15 is 0 Å². The van der Waals surface area contributed by atoms with Gasteiger partial charge in [-0.25, -0.2) is 4.39 Å². The minimum atomic E-state index is -0.247. The van der Waals surface area contributed by atoms with Crippen molar-refractivity contribution in [3.8, 4) is 5.75 Å². The number of carbonyl (C=O) groups is 1. The molecule has 0 radical (unpaired) electrons. The number of pyridine rings is 1. The summed E-state index contributed by atoms with van der Waals surface area (Å²) in [6, 6.07) is 10.7. The van der Waals surface area contributed by atoms with Gasteiger partial charge in [0.25, 0.3) is 0 Å². The lowest BCUT2D eigenvalue weighted by atomic mass is 9.88. The highest BCUT2D eigenvalue weighted by Gasteiger charge is 2.30. The van der Waals surface area contributed by atoms with Crippen LogP contribution in [0.4, 0.5) is 4.39 Å². The average Bonchev–Trinajstić information content (AvgIpc) is 2.74. The maximum absolute atomic E-state index is 14.4. The summed E-state index contributed by atoms with van der Waals surface area (Å²) >= 11 is 0. The van der Waals surface area contributed by atoms with Gasteiger partial charge in [0.05, 0.1) is 18.8 Å². The van der Waals surface area contributed by atoms with Crippen LogP contribution in [0.15, 0.2) is 42.6 Å². The molecule has 0 spiro atoms. The van der Waals surface area contributed by atoms with Gasteiger partial charge in [-0.2, -0.15) is 0 Å². The van der Waals surface area contributed by atoms with Crippen LogP contribution in [-0.4, -0.2) is 36.0 Å². The molecule has 3 rings (SSSR count). The summed E-state index contributed by atoms with van der Waals surface area (Å²) in [6.07, 6.45) is 4.28. The number of amides is 1. The number of nitrogens with one attached hydrogen (secondary N) is 1. The summed E-state index contributed by atoms with van der Waals surface area (Å²) in [5.74, 6) is 0.860. The third-order valence-electron chi connectivity index (χ3n) is 5.58. The van der Waals surface area contributed by atoms with Gasteiger partial charge in [0.2, 0.25) is 5.91 Å². The maximum atomic E-state index is 14.4. The van der Waals surface area contributed by atoms with E-state index in [1.54, 1.807) is 18.3 Å². The van der Waals surface area contributed by atoms with Gasteiger partial charge < -0.3 is 10.1 Å². The summed E-state index contributed by atoms with van der Waals surface area (Å²) in [4.78, 5) is 19.3. The zero-order valence-corrected chi connectivity index (χ0v) is 18.1. The highest BCUT2D eigenvalue weighted by atomic mass is 19.1. The number of halogens is 1. The SMILES string of the molecule is COc1ccc(CN2CCCC(C(NC(=O)CC(C)C)c3ccccn3)C2)c(F)c1. The van der Waals surface area contributed by atoms with Gasteiger partial charge in [-0.3, -0.25) is 14.7 Å². The first-order chi connectivity index (χ1) is 14.5.